The molecule has 0 saturated carbocycles. The Morgan fingerprint density at radius 1 is 1.43 bits per heavy atom. The molecule has 1 saturated heterocycles. The Kier molecular flexibility index (Phi) is 9.35. The fourth-order valence-corrected chi connectivity index (χ4v) is 1.62. The minimum Gasteiger partial charge on any atom is -0.395 e. The Labute approximate surface area is 88.5 Å². The maximum atomic E-state index is 8.82. The van der Waals surface area contributed by atoms with Crippen molar-refractivity contribution in [3.8, 4) is 0 Å². The molecular formula is C11H26N2O. The maximum Gasteiger partial charge on any atom is 0.0586 e. The summed E-state index contributed by atoms with van der Waals surface area (Å²) >= 11 is 0. The van der Waals surface area contributed by atoms with Crippen LogP contribution in [0.5, 0.6) is 0 Å². The first kappa shape index (κ1) is 13.9. The number of aliphatic hydroxyl groups excluding tert-OH is 1. The van der Waals surface area contributed by atoms with E-state index in [9.17, 15) is 0 Å². The Bertz CT molecular complexity index is 118. The first-order valence-electron chi connectivity index (χ1n) is 5.72. The SMILES string of the molecule is CCCNC.CN1CCCCC1CO. The minimum absolute atomic E-state index is 0.330. The summed E-state index contributed by atoms with van der Waals surface area (Å²) in [5.74, 6) is 0. The first-order chi connectivity index (χ1) is 6.76. The molecule has 1 atom stereocenters. The third kappa shape index (κ3) is 6.35. The van der Waals surface area contributed by atoms with E-state index in [1.807, 2.05) is 7.05 Å². The maximum absolute atomic E-state index is 8.82. The molecule has 3 nitrogen and oxygen atoms in total. The largest absolute Gasteiger partial charge is 0.395 e. The summed E-state index contributed by atoms with van der Waals surface area (Å²) in [6.07, 6.45) is 4.99. The molecule has 0 aromatic rings. The lowest BCUT2D eigenvalue weighted by Crippen LogP contribution is -2.38. The molecule has 0 radical (unpaired) electrons. The molecule has 0 bridgehead atoms. The van der Waals surface area contributed by atoms with Crippen LogP contribution in [0.25, 0.3) is 0 Å². The predicted molar refractivity (Wildman–Crippen MR) is 61.6 cm³/mol. The lowest BCUT2D eigenvalue weighted by atomic mass is 10.0. The van der Waals surface area contributed by atoms with Crippen LogP contribution in [0.15, 0.2) is 0 Å². The van der Waals surface area contributed by atoms with Crippen LogP contribution in [0.2, 0.25) is 0 Å². The smallest absolute Gasteiger partial charge is 0.0586 e. The van der Waals surface area contributed by atoms with Crippen LogP contribution in [0.4, 0.5) is 0 Å². The average molecular weight is 202 g/mol. The minimum atomic E-state index is 0.330. The van der Waals surface area contributed by atoms with E-state index in [-0.39, 0.29) is 0 Å². The van der Waals surface area contributed by atoms with Crippen molar-refractivity contribution in [2.45, 2.75) is 38.6 Å². The third-order valence-electron chi connectivity index (χ3n) is 2.63. The van der Waals surface area contributed by atoms with Crippen LogP contribution >= 0.6 is 0 Å². The molecule has 0 aromatic carbocycles. The quantitative estimate of drug-likeness (QED) is 0.719. The first-order valence-corrected chi connectivity index (χ1v) is 5.72. The molecule has 0 aromatic heterocycles. The monoisotopic (exact) mass is 202 g/mol. The topological polar surface area (TPSA) is 35.5 Å². The van der Waals surface area contributed by atoms with Crippen molar-refractivity contribution in [3.63, 3.8) is 0 Å². The second-order valence-electron chi connectivity index (χ2n) is 3.92. The van der Waals surface area contributed by atoms with E-state index in [0.717, 1.165) is 13.1 Å². The summed E-state index contributed by atoms with van der Waals surface area (Å²) in [5, 5.41) is 11.8. The van der Waals surface area contributed by atoms with Crippen LogP contribution in [0.1, 0.15) is 32.6 Å². The number of likely N-dealkylation sites (tertiary alicyclic amines) is 1. The summed E-state index contributed by atoms with van der Waals surface area (Å²) in [4.78, 5) is 2.24. The van der Waals surface area contributed by atoms with Gasteiger partial charge in [-0.05, 0) is 46.4 Å². The second kappa shape index (κ2) is 9.44. The van der Waals surface area contributed by atoms with Gasteiger partial charge in [-0.2, -0.15) is 0 Å². The highest BCUT2D eigenvalue weighted by molar-refractivity contribution is 4.72. The van der Waals surface area contributed by atoms with Gasteiger partial charge in [-0.15, -0.1) is 0 Å². The molecule has 1 unspecified atom stereocenters. The highest BCUT2D eigenvalue weighted by Crippen LogP contribution is 2.13. The number of rotatable bonds is 3. The van der Waals surface area contributed by atoms with Gasteiger partial charge in [0, 0.05) is 6.04 Å². The number of hydrogen-bond donors (Lipinski definition) is 2. The number of likely N-dealkylation sites (N-methyl/N-ethyl adjacent to an activating group) is 1. The molecule has 1 rings (SSSR count). The molecule has 1 aliphatic heterocycles. The van der Waals surface area contributed by atoms with Gasteiger partial charge in [0.15, 0.2) is 0 Å². The van der Waals surface area contributed by atoms with E-state index in [1.54, 1.807) is 0 Å². The number of nitrogens with zero attached hydrogens (tertiary/aromatic N) is 1. The fourth-order valence-electron chi connectivity index (χ4n) is 1.62. The zero-order chi connectivity index (χ0) is 10.8. The zero-order valence-electron chi connectivity index (χ0n) is 9.92. The van der Waals surface area contributed by atoms with E-state index in [4.69, 9.17) is 5.11 Å². The highest BCUT2D eigenvalue weighted by atomic mass is 16.3. The molecule has 1 aliphatic rings. The van der Waals surface area contributed by atoms with Gasteiger partial charge in [0.25, 0.3) is 0 Å². The van der Waals surface area contributed by atoms with Gasteiger partial charge in [0.1, 0.15) is 0 Å². The lowest BCUT2D eigenvalue weighted by molar-refractivity contribution is 0.114. The third-order valence-corrected chi connectivity index (χ3v) is 2.63. The summed E-state index contributed by atoms with van der Waals surface area (Å²) in [6.45, 7) is 4.78. The van der Waals surface area contributed by atoms with Crippen molar-refractivity contribution in [2.24, 2.45) is 0 Å². The molecule has 0 amide bonds. The summed E-state index contributed by atoms with van der Waals surface area (Å²) in [5.41, 5.74) is 0. The van der Waals surface area contributed by atoms with E-state index in [1.165, 1.54) is 25.7 Å². The van der Waals surface area contributed by atoms with Crippen molar-refractivity contribution >= 4 is 0 Å². The van der Waals surface area contributed by atoms with Crippen LogP contribution in [-0.4, -0.2) is 49.8 Å². The molecule has 14 heavy (non-hydrogen) atoms. The Morgan fingerprint density at radius 2 is 2.14 bits per heavy atom. The van der Waals surface area contributed by atoms with E-state index < -0.39 is 0 Å². The number of hydrogen-bond acceptors (Lipinski definition) is 3. The van der Waals surface area contributed by atoms with Gasteiger partial charge in [-0.25, -0.2) is 0 Å². The average Bonchev–Trinajstić information content (AvgIpc) is 2.21. The van der Waals surface area contributed by atoms with Gasteiger partial charge in [0.2, 0.25) is 0 Å². The van der Waals surface area contributed by atoms with Crippen LogP contribution in [-0.2, 0) is 0 Å². The molecule has 0 aliphatic carbocycles. The Balaban J connectivity index is 0.000000292. The Hall–Kier alpha value is -0.120. The normalized spacial score (nSPS) is 22.7. The van der Waals surface area contributed by atoms with Crippen molar-refractivity contribution in [1.82, 2.24) is 10.2 Å². The molecule has 1 fully saturated rings. The van der Waals surface area contributed by atoms with Crippen molar-refractivity contribution < 1.29 is 5.11 Å². The molecule has 86 valence electrons. The van der Waals surface area contributed by atoms with E-state index in [2.05, 4.69) is 24.2 Å². The van der Waals surface area contributed by atoms with E-state index >= 15 is 0 Å². The van der Waals surface area contributed by atoms with E-state index in [0.29, 0.717) is 12.6 Å². The summed E-state index contributed by atoms with van der Waals surface area (Å²) in [6, 6.07) is 0.443. The van der Waals surface area contributed by atoms with Crippen LogP contribution in [0.3, 0.4) is 0 Å². The van der Waals surface area contributed by atoms with Gasteiger partial charge < -0.3 is 15.3 Å². The molecule has 0 spiro atoms. The number of nitrogens with one attached hydrogen (secondary N) is 1. The fraction of sp³-hybridized carbons (Fsp3) is 1.00. The predicted octanol–water partition coefficient (Wildman–Crippen LogP) is 1.08. The highest BCUT2D eigenvalue weighted by Gasteiger charge is 2.16. The molecule has 3 heteroatoms. The molecule has 1 heterocycles. The van der Waals surface area contributed by atoms with Crippen molar-refractivity contribution in [2.75, 3.05) is 33.8 Å². The van der Waals surface area contributed by atoms with Gasteiger partial charge in [0.05, 0.1) is 6.61 Å². The van der Waals surface area contributed by atoms with Crippen LogP contribution < -0.4 is 5.32 Å². The van der Waals surface area contributed by atoms with Crippen molar-refractivity contribution in [1.29, 1.82) is 0 Å². The molecular weight excluding hydrogens is 176 g/mol. The number of piperidine rings is 1. The zero-order valence-corrected chi connectivity index (χ0v) is 9.92. The lowest BCUT2D eigenvalue weighted by Gasteiger charge is -2.30. The van der Waals surface area contributed by atoms with Gasteiger partial charge in [-0.1, -0.05) is 13.3 Å². The Morgan fingerprint density at radius 3 is 2.43 bits per heavy atom. The molecule has 2 N–H and O–H groups in total. The number of aliphatic hydroxyl groups is 1. The van der Waals surface area contributed by atoms with Crippen molar-refractivity contribution in [3.05, 3.63) is 0 Å². The summed E-state index contributed by atoms with van der Waals surface area (Å²) in [7, 11) is 4.05. The summed E-state index contributed by atoms with van der Waals surface area (Å²) < 4.78 is 0. The van der Waals surface area contributed by atoms with Crippen LogP contribution in [0, 0.1) is 0 Å². The second-order valence-corrected chi connectivity index (χ2v) is 3.92. The standard InChI is InChI=1S/C7H15NO.C4H11N/c1-8-5-3-2-4-7(8)6-9;1-3-4-5-2/h7,9H,2-6H2,1H3;5H,3-4H2,1-2H3. The van der Waals surface area contributed by atoms with Gasteiger partial charge in [-0.3, -0.25) is 0 Å². The van der Waals surface area contributed by atoms with Gasteiger partial charge >= 0.3 is 0 Å².